The maximum absolute atomic E-state index is 10.9. The van der Waals surface area contributed by atoms with Crippen LogP contribution < -0.4 is 4.74 Å². The topological polar surface area (TPSA) is 75.8 Å². The smallest absolute Gasteiger partial charge is 0.273 e. The van der Waals surface area contributed by atoms with Crippen LogP contribution in [-0.2, 0) is 6.54 Å². The summed E-state index contributed by atoms with van der Waals surface area (Å²) in [6.45, 7) is 4.31. The van der Waals surface area contributed by atoms with E-state index in [2.05, 4.69) is 0 Å². The van der Waals surface area contributed by atoms with Crippen molar-refractivity contribution in [2.45, 2.75) is 25.9 Å². The molecule has 0 radical (unpaired) electrons. The van der Waals surface area contributed by atoms with Gasteiger partial charge in [-0.25, -0.2) is 0 Å². The third-order valence-corrected chi connectivity index (χ3v) is 3.24. The van der Waals surface area contributed by atoms with Crippen molar-refractivity contribution in [1.82, 2.24) is 4.90 Å². The Labute approximate surface area is 112 Å². The molecule has 0 spiro atoms. The second-order valence-electron chi connectivity index (χ2n) is 5.12. The number of ether oxygens (including phenoxy) is 1. The minimum absolute atomic E-state index is 0.00422. The summed E-state index contributed by atoms with van der Waals surface area (Å²) in [7, 11) is 3.34. The van der Waals surface area contributed by atoms with Gasteiger partial charge >= 0.3 is 0 Å². The van der Waals surface area contributed by atoms with E-state index < -0.39 is 10.5 Å². The summed E-state index contributed by atoms with van der Waals surface area (Å²) in [4.78, 5) is 12.4. The Morgan fingerprint density at radius 3 is 2.53 bits per heavy atom. The number of non-ortho nitro benzene ring substituents is 1. The molecule has 0 aliphatic heterocycles. The Morgan fingerprint density at radius 2 is 2.05 bits per heavy atom. The molecule has 106 valence electrons. The Morgan fingerprint density at radius 1 is 1.42 bits per heavy atom. The van der Waals surface area contributed by atoms with Gasteiger partial charge in [0, 0.05) is 18.2 Å². The van der Waals surface area contributed by atoms with Gasteiger partial charge in [0.05, 0.1) is 24.7 Å². The number of aliphatic hydroxyl groups is 1. The number of hydrogen-bond acceptors (Lipinski definition) is 5. The standard InChI is InChI=1S/C13H20N2O4/c1-13(2,9-16)14(3)8-10-5-11(15(17)18)7-12(6-10)19-4/h5-7,16H,8-9H2,1-4H3. The third kappa shape index (κ3) is 3.90. The van der Waals surface area contributed by atoms with E-state index in [1.54, 1.807) is 6.07 Å². The normalized spacial score (nSPS) is 11.7. The van der Waals surface area contributed by atoms with E-state index in [4.69, 9.17) is 4.74 Å². The lowest BCUT2D eigenvalue weighted by Gasteiger charge is -2.33. The maximum Gasteiger partial charge on any atom is 0.273 e. The number of nitro groups is 1. The zero-order chi connectivity index (χ0) is 14.6. The van der Waals surface area contributed by atoms with Crippen LogP contribution in [0.15, 0.2) is 18.2 Å². The summed E-state index contributed by atoms with van der Waals surface area (Å²) in [5.74, 6) is 0.458. The van der Waals surface area contributed by atoms with E-state index >= 15 is 0 Å². The predicted octanol–water partition coefficient (Wildman–Crippen LogP) is 1.81. The van der Waals surface area contributed by atoms with Gasteiger partial charge < -0.3 is 9.84 Å². The number of nitro benzene ring substituents is 1. The molecule has 19 heavy (non-hydrogen) atoms. The molecule has 1 aromatic carbocycles. The Balaban J connectivity index is 3.01. The van der Waals surface area contributed by atoms with Crippen molar-refractivity contribution in [2.75, 3.05) is 20.8 Å². The molecule has 0 unspecified atom stereocenters. The Bertz CT molecular complexity index is 460. The van der Waals surface area contributed by atoms with Gasteiger partial charge in [-0.05, 0) is 32.5 Å². The highest BCUT2D eigenvalue weighted by Gasteiger charge is 2.23. The minimum Gasteiger partial charge on any atom is -0.496 e. The molecule has 0 amide bonds. The lowest BCUT2D eigenvalue weighted by atomic mass is 10.0. The summed E-state index contributed by atoms with van der Waals surface area (Å²) >= 11 is 0. The fourth-order valence-electron chi connectivity index (χ4n) is 1.57. The van der Waals surface area contributed by atoms with E-state index in [-0.39, 0.29) is 12.3 Å². The maximum atomic E-state index is 10.9. The largest absolute Gasteiger partial charge is 0.496 e. The van der Waals surface area contributed by atoms with E-state index in [0.29, 0.717) is 12.3 Å². The Hall–Kier alpha value is -1.66. The average Bonchev–Trinajstić information content (AvgIpc) is 2.38. The van der Waals surface area contributed by atoms with E-state index in [0.717, 1.165) is 5.56 Å². The highest BCUT2D eigenvalue weighted by Crippen LogP contribution is 2.24. The molecule has 0 fully saturated rings. The summed E-state index contributed by atoms with van der Waals surface area (Å²) < 4.78 is 5.07. The molecule has 1 aromatic rings. The van der Waals surface area contributed by atoms with Crippen LogP contribution in [0.2, 0.25) is 0 Å². The monoisotopic (exact) mass is 268 g/mol. The molecule has 0 heterocycles. The predicted molar refractivity (Wildman–Crippen MR) is 72.3 cm³/mol. The van der Waals surface area contributed by atoms with Gasteiger partial charge in [0.15, 0.2) is 0 Å². The lowest BCUT2D eigenvalue weighted by Crippen LogP contribution is -2.43. The van der Waals surface area contributed by atoms with Crippen molar-refractivity contribution in [2.24, 2.45) is 0 Å². The number of likely N-dealkylation sites (N-methyl/N-ethyl adjacent to an activating group) is 1. The lowest BCUT2D eigenvalue weighted by molar-refractivity contribution is -0.385. The number of benzene rings is 1. The molecule has 0 aliphatic rings. The van der Waals surface area contributed by atoms with Crippen LogP contribution in [0.4, 0.5) is 5.69 Å². The third-order valence-electron chi connectivity index (χ3n) is 3.24. The zero-order valence-corrected chi connectivity index (χ0v) is 11.7. The van der Waals surface area contributed by atoms with Gasteiger partial charge in [-0.3, -0.25) is 15.0 Å². The van der Waals surface area contributed by atoms with Gasteiger partial charge in [-0.2, -0.15) is 0 Å². The van der Waals surface area contributed by atoms with Crippen LogP contribution in [0.3, 0.4) is 0 Å². The number of aliphatic hydroxyl groups excluding tert-OH is 1. The second-order valence-corrected chi connectivity index (χ2v) is 5.12. The highest BCUT2D eigenvalue weighted by molar-refractivity contribution is 5.42. The highest BCUT2D eigenvalue weighted by atomic mass is 16.6. The van der Waals surface area contributed by atoms with E-state index in [9.17, 15) is 15.2 Å². The van der Waals surface area contributed by atoms with Crippen LogP contribution in [0.25, 0.3) is 0 Å². The average molecular weight is 268 g/mol. The zero-order valence-electron chi connectivity index (χ0n) is 11.7. The summed E-state index contributed by atoms with van der Waals surface area (Å²) in [5, 5.41) is 20.2. The van der Waals surface area contributed by atoms with Crippen molar-refractivity contribution < 1.29 is 14.8 Å². The number of methoxy groups -OCH3 is 1. The molecular weight excluding hydrogens is 248 g/mol. The van der Waals surface area contributed by atoms with Crippen molar-refractivity contribution in [3.8, 4) is 5.75 Å². The minimum atomic E-state index is -0.441. The van der Waals surface area contributed by atoms with Crippen molar-refractivity contribution in [1.29, 1.82) is 0 Å². The molecule has 1 rings (SSSR count). The fourth-order valence-corrected chi connectivity index (χ4v) is 1.57. The van der Waals surface area contributed by atoms with Gasteiger partial charge in [0.1, 0.15) is 5.75 Å². The first kappa shape index (κ1) is 15.4. The van der Waals surface area contributed by atoms with E-state index in [1.807, 2.05) is 25.8 Å². The second kappa shape index (κ2) is 5.99. The van der Waals surface area contributed by atoms with Crippen molar-refractivity contribution in [3.63, 3.8) is 0 Å². The molecular formula is C13H20N2O4. The van der Waals surface area contributed by atoms with Gasteiger partial charge in [-0.1, -0.05) is 0 Å². The van der Waals surface area contributed by atoms with Crippen LogP contribution in [0, 0.1) is 10.1 Å². The number of rotatable bonds is 6. The molecule has 0 aliphatic carbocycles. The van der Waals surface area contributed by atoms with Crippen molar-refractivity contribution >= 4 is 5.69 Å². The molecule has 1 N–H and O–H groups in total. The van der Waals surface area contributed by atoms with Gasteiger partial charge in [-0.15, -0.1) is 0 Å². The molecule has 0 saturated heterocycles. The van der Waals surface area contributed by atoms with Crippen molar-refractivity contribution in [3.05, 3.63) is 33.9 Å². The molecule has 0 bridgehead atoms. The summed E-state index contributed by atoms with van der Waals surface area (Å²) in [6.07, 6.45) is 0. The fraction of sp³-hybridized carbons (Fsp3) is 0.538. The number of hydrogen-bond donors (Lipinski definition) is 1. The van der Waals surface area contributed by atoms with Crippen LogP contribution in [0.5, 0.6) is 5.75 Å². The first-order valence-corrected chi connectivity index (χ1v) is 5.94. The molecule has 0 saturated carbocycles. The van der Waals surface area contributed by atoms with Crippen LogP contribution in [-0.4, -0.2) is 41.2 Å². The summed E-state index contributed by atoms with van der Waals surface area (Å²) in [5.41, 5.74) is 0.386. The van der Waals surface area contributed by atoms with Gasteiger partial charge in [0.2, 0.25) is 0 Å². The van der Waals surface area contributed by atoms with Crippen LogP contribution in [0.1, 0.15) is 19.4 Å². The first-order valence-electron chi connectivity index (χ1n) is 5.94. The molecule has 0 atom stereocenters. The van der Waals surface area contributed by atoms with Gasteiger partial charge in [0.25, 0.3) is 5.69 Å². The summed E-state index contributed by atoms with van der Waals surface area (Å²) in [6, 6.07) is 4.67. The first-order chi connectivity index (χ1) is 8.80. The van der Waals surface area contributed by atoms with Crippen LogP contribution >= 0.6 is 0 Å². The Kier molecular flexibility index (Phi) is 4.85. The quantitative estimate of drug-likeness (QED) is 0.629. The molecule has 6 nitrogen and oxygen atoms in total. The number of nitrogens with zero attached hydrogens (tertiary/aromatic N) is 2. The SMILES string of the molecule is COc1cc(CN(C)C(C)(C)CO)cc([N+](=O)[O-])c1. The molecule has 0 aromatic heterocycles. The van der Waals surface area contributed by atoms with E-state index in [1.165, 1.54) is 19.2 Å². The molecule has 6 heteroatoms.